The number of rotatable bonds is 7. The van der Waals surface area contributed by atoms with Crippen molar-refractivity contribution in [3.8, 4) is 5.75 Å². The summed E-state index contributed by atoms with van der Waals surface area (Å²) in [6.45, 7) is 2.32. The van der Waals surface area contributed by atoms with Crippen molar-refractivity contribution in [2.75, 3.05) is 13.7 Å². The number of carbonyl (C=O) groups excluding carboxylic acids is 2. The highest BCUT2D eigenvalue weighted by Gasteiger charge is 2.30. The summed E-state index contributed by atoms with van der Waals surface area (Å²) >= 11 is 20.6. The number of esters is 1. The first-order chi connectivity index (χ1) is 18.2. The number of amidine groups is 1. The summed E-state index contributed by atoms with van der Waals surface area (Å²) in [7, 11) is 1.67. The van der Waals surface area contributed by atoms with E-state index in [0.29, 0.717) is 52.7 Å². The van der Waals surface area contributed by atoms with Crippen molar-refractivity contribution in [2.24, 2.45) is 4.99 Å². The van der Waals surface area contributed by atoms with E-state index >= 15 is 0 Å². The van der Waals surface area contributed by atoms with Gasteiger partial charge >= 0.3 is 5.97 Å². The largest absolute Gasteiger partial charge is 0.486 e. The van der Waals surface area contributed by atoms with Crippen molar-refractivity contribution >= 4 is 95.6 Å². The van der Waals surface area contributed by atoms with Gasteiger partial charge in [-0.3, -0.25) is 9.69 Å². The van der Waals surface area contributed by atoms with Crippen LogP contribution in [0.3, 0.4) is 0 Å². The van der Waals surface area contributed by atoms with Crippen molar-refractivity contribution in [3.63, 3.8) is 0 Å². The van der Waals surface area contributed by atoms with Crippen molar-refractivity contribution in [1.82, 2.24) is 4.90 Å². The third-order valence-corrected chi connectivity index (χ3v) is 8.14. The van der Waals surface area contributed by atoms with Crippen LogP contribution in [-0.4, -0.2) is 35.6 Å². The first kappa shape index (κ1) is 28.7. The summed E-state index contributed by atoms with van der Waals surface area (Å²) in [5.41, 5.74) is 2.67. The number of ether oxygens (including phenoxy) is 2. The number of benzene rings is 3. The maximum Gasteiger partial charge on any atom is 0.338 e. The lowest BCUT2D eigenvalue weighted by Crippen LogP contribution is -2.23. The zero-order valence-corrected chi connectivity index (χ0v) is 25.6. The average Bonchev–Trinajstić information content (AvgIpc) is 3.12. The molecule has 4 rings (SSSR count). The Balaban J connectivity index is 1.50. The monoisotopic (exact) mass is 696 g/mol. The molecule has 0 aliphatic carbocycles. The number of likely N-dealkylation sites (N-methyl/N-ethyl adjacent to an activating group) is 1. The maximum atomic E-state index is 12.9. The van der Waals surface area contributed by atoms with Gasteiger partial charge in [0.15, 0.2) is 5.17 Å². The number of hydrogen-bond acceptors (Lipinski definition) is 6. The van der Waals surface area contributed by atoms with Gasteiger partial charge in [-0.15, -0.1) is 0 Å². The highest BCUT2D eigenvalue weighted by Crippen LogP contribution is 2.38. The number of nitrogens with zero attached hydrogens (tertiary/aromatic N) is 2. The predicted octanol–water partition coefficient (Wildman–Crippen LogP) is 8.51. The number of aliphatic imine (C=N–C) groups is 1. The van der Waals surface area contributed by atoms with Gasteiger partial charge in [0.2, 0.25) is 0 Å². The minimum atomic E-state index is -0.387. The topological polar surface area (TPSA) is 68.2 Å². The van der Waals surface area contributed by atoms with Gasteiger partial charge in [0, 0.05) is 22.7 Å². The molecule has 1 aliphatic rings. The normalized spacial score (nSPS) is 15.4. The average molecular weight is 699 g/mol. The van der Waals surface area contributed by atoms with Gasteiger partial charge in [-0.2, -0.15) is 0 Å². The molecule has 0 unspecified atom stereocenters. The minimum Gasteiger partial charge on any atom is -0.486 e. The molecule has 38 heavy (non-hydrogen) atoms. The molecule has 0 radical (unpaired) electrons. The van der Waals surface area contributed by atoms with Crippen LogP contribution in [-0.2, 0) is 16.1 Å². The fourth-order valence-corrected chi connectivity index (χ4v) is 6.29. The van der Waals surface area contributed by atoms with E-state index in [1.807, 2.05) is 18.2 Å². The molecule has 6 nitrogen and oxygen atoms in total. The molecule has 0 N–H and O–H groups in total. The molecule has 1 fully saturated rings. The fourth-order valence-electron chi connectivity index (χ4n) is 3.39. The number of thioether (sulfide) groups is 1. The van der Waals surface area contributed by atoms with E-state index in [1.54, 1.807) is 56.4 Å². The Morgan fingerprint density at radius 3 is 2.39 bits per heavy atom. The van der Waals surface area contributed by atoms with Crippen molar-refractivity contribution < 1.29 is 19.1 Å². The molecule has 1 amide bonds. The Bertz CT molecular complexity index is 1440. The molecule has 0 bridgehead atoms. The molecule has 0 spiro atoms. The third-order valence-electron chi connectivity index (χ3n) is 5.31. The van der Waals surface area contributed by atoms with Gasteiger partial charge in [0.1, 0.15) is 12.4 Å². The van der Waals surface area contributed by atoms with Crippen LogP contribution in [0.25, 0.3) is 6.08 Å². The zero-order chi connectivity index (χ0) is 27.4. The van der Waals surface area contributed by atoms with Crippen LogP contribution in [0.5, 0.6) is 5.75 Å². The first-order valence-electron chi connectivity index (χ1n) is 11.3. The molecule has 3 aromatic carbocycles. The minimum absolute atomic E-state index is 0.165. The molecule has 3 aromatic rings. The number of halogens is 4. The first-order valence-corrected chi connectivity index (χ1v) is 14.4. The SMILES string of the molecule is CCOC(=O)c1ccc(N=C2SC(=Cc3cc(Br)c(OCc4ccc(Cl)cc4Cl)c(Br)c3)C(=O)N2C)cc1. The second-order valence-corrected chi connectivity index (χ2v) is 11.5. The molecule has 1 aliphatic heterocycles. The summed E-state index contributed by atoms with van der Waals surface area (Å²) in [6, 6.07) is 15.7. The summed E-state index contributed by atoms with van der Waals surface area (Å²) < 4.78 is 12.4. The van der Waals surface area contributed by atoms with E-state index in [-0.39, 0.29) is 18.5 Å². The van der Waals surface area contributed by atoms with Gasteiger partial charge in [0.05, 0.1) is 31.7 Å². The van der Waals surface area contributed by atoms with Crippen LogP contribution in [0.1, 0.15) is 28.4 Å². The zero-order valence-electron chi connectivity index (χ0n) is 20.1. The number of hydrogen-bond donors (Lipinski definition) is 0. The second-order valence-electron chi connectivity index (χ2n) is 7.97. The van der Waals surface area contributed by atoms with Crippen LogP contribution in [0.2, 0.25) is 10.0 Å². The fraction of sp³-hybridized carbons (Fsp3) is 0.148. The third kappa shape index (κ3) is 6.82. The lowest BCUT2D eigenvalue weighted by Gasteiger charge is -2.12. The molecular weight excluding hydrogens is 679 g/mol. The van der Waals surface area contributed by atoms with Crippen LogP contribution in [0.15, 0.2) is 73.4 Å². The van der Waals surface area contributed by atoms with Crippen molar-refractivity contribution in [2.45, 2.75) is 13.5 Å². The van der Waals surface area contributed by atoms with Gasteiger partial charge < -0.3 is 9.47 Å². The van der Waals surface area contributed by atoms with Gasteiger partial charge in [-0.25, -0.2) is 9.79 Å². The van der Waals surface area contributed by atoms with Crippen LogP contribution >= 0.6 is 66.8 Å². The van der Waals surface area contributed by atoms with E-state index in [9.17, 15) is 9.59 Å². The second kappa shape index (κ2) is 12.7. The molecule has 0 aromatic heterocycles. The van der Waals surface area contributed by atoms with E-state index in [0.717, 1.165) is 11.1 Å². The standard InChI is InChI=1S/C27H20Br2Cl2N2O4S/c1-3-36-26(35)16-5-8-19(9-6-16)32-27-33(2)25(34)23(38-27)12-15-10-20(28)24(21(29)11-15)37-14-17-4-7-18(30)13-22(17)31/h4-13H,3,14H2,1-2H3. The molecule has 11 heteroatoms. The molecule has 0 atom stereocenters. The smallest absolute Gasteiger partial charge is 0.338 e. The number of amides is 1. The molecule has 0 saturated carbocycles. The molecule has 1 heterocycles. The molecule has 1 saturated heterocycles. The van der Waals surface area contributed by atoms with Crippen LogP contribution in [0, 0.1) is 0 Å². The Hall–Kier alpha value is -2.30. The van der Waals surface area contributed by atoms with Crippen LogP contribution in [0.4, 0.5) is 5.69 Å². The van der Waals surface area contributed by atoms with Crippen LogP contribution < -0.4 is 4.74 Å². The van der Waals surface area contributed by atoms with Crippen molar-refractivity contribution in [1.29, 1.82) is 0 Å². The summed E-state index contributed by atoms with van der Waals surface area (Å²) in [6.07, 6.45) is 1.80. The Kier molecular flexibility index (Phi) is 9.59. The van der Waals surface area contributed by atoms with E-state index in [1.165, 1.54) is 16.7 Å². The van der Waals surface area contributed by atoms with Gasteiger partial charge in [0.25, 0.3) is 5.91 Å². The lowest BCUT2D eigenvalue weighted by atomic mass is 10.2. The Morgan fingerprint density at radius 2 is 1.76 bits per heavy atom. The van der Waals surface area contributed by atoms with Crippen molar-refractivity contribution in [3.05, 3.63) is 95.2 Å². The predicted molar refractivity (Wildman–Crippen MR) is 160 cm³/mol. The quantitative estimate of drug-likeness (QED) is 0.183. The molecular formula is C27H20Br2Cl2N2O4S. The Labute approximate surface area is 251 Å². The maximum absolute atomic E-state index is 12.9. The lowest BCUT2D eigenvalue weighted by molar-refractivity contribution is -0.121. The van der Waals surface area contributed by atoms with E-state index in [2.05, 4.69) is 36.9 Å². The van der Waals surface area contributed by atoms with E-state index < -0.39 is 0 Å². The van der Waals surface area contributed by atoms with Gasteiger partial charge in [-0.05, 0) is 111 Å². The highest BCUT2D eigenvalue weighted by atomic mass is 79.9. The highest BCUT2D eigenvalue weighted by molar-refractivity contribution is 9.11. The number of carbonyl (C=O) groups is 2. The van der Waals surface area contributed by atoms with Gasteiger partial charge in [-0.1, -0.05) is 29.3 Å². The Morgan fingerprint density at radius 1 is 1.08 bits per heavy atom. The van der Waals surface area contributed by atoms with E-state index in [4.69, 9.17) is 32.7 Å². The molecule has 196 valence electrons. The summed E-state index contributed by atoms with van der Waals surface area (Å²) in [5.74, 6) is 0.0537. The summed E-state index contributed by atoms with van der Waals surface area (Å²) in [4.78, 5) is 31.4. The summed E-state index contributed by atoms with van der Waals surface area (Å²) in [5, 5.41) is 1.62.